The van der Waals surface area contributed by atoms with Gasteiger partial charge in [-0.25, -0.2) is 4.79 Å². The topological polar surface area (TPSA) is 38.3 Å². The Morgan fingerprint density at radius 2 is 2.07 bits per heavy atom. The van der Waals surface area contributed by atoms with Crippen molar-refractivity contribution in [2.45, 2.75) is 58.1 Å². The number of hydrogen-bond acceptors (Lipinski definition) is 2. The number of carbonyl (C=O) groups excluding carboxylic acids is 1. The van der Waals surface area contributed by atoms with Crippen LogP contribution in [0.25, 0.3) is 0 Å². The van der Waals surface area contributed by atoms with Gasteiger partial charge < -0.3 is 10.1 Å². The van der Waals surface area contributed by atoms with E-state index in [1.807, 2.05) is 20.8 Å². The first-order chi connectivity index (χ1) is 6.96. The van der Waals surface area contributed by atoms with Crippen LogP contribution in [0.2, 0.25) is 0 Å². The van der Waals surface area contributed by atoms with E-state index in [-0.39, 0.29) is 11.7 Å². The van der Waals surface area contributed by atoms with E-state index >= 15 is 0 Å². The molecular weight excluding hydrogens is 190 g/mol. The van der Waals surface area contributed by atoms with Crippen LogP contribution in [0, 0.1) is 11.8 Å². The summed E-state index contributed by atoms with van der Waals surface area (Å²) in [6, 6.07) is 0.374. The molecule has 0 bridgehead atoms. The van der Waals surface area contributed by atoms with Crippen LogP contribution in [0.3, 0.4) is 0 Å². The molecule has 0 heterocycles. The molecule has 2 aliphatic rings. The number of nitrogens with one attached hydrogen (secondary N) is 1. The number of fused-ring (bicyclic) bond motifs is 1. The average molecular weight is 211 g/mol. The number of hydrogen-bond donors (Lipinski definition) is 1. The molecule has 2 rings (SSSR count). The summed E-state index contributed by atoms with van der Waals surface area (Å²) in [5.74, 6) is 1.63. The van der Waals surface area contributed by atoms with E-state index in [9.17, 15) is 4.79 Å². The average Bonchev–Trinajstić information content (AvgIpc) is 2.79. The Hall–Kier alpha value is -0.730. The van der Waals surface area contributed by atoms with Gasteiger partial charge in [-0.05, 0) is 45.4 Å². The smallest absolute Gasteiger partial charge is 0.407 e. The van der Waals surface area contributed by atoms with Crippen molar-refractivity contribution in [2.75, 3.05) is 0 Å². The Bertz CT molecular complexity index is 257. The fourth-order valence-electron chi connectivity index (χ4n) is 2.55. The predicted molar refractivity (Wildman–Crippen MR) is 58.6 cm³/mol. The van der Waals surface area contributed by atoms with Crippen LogP contribution in [-0.2, 0) is 4.74 Å². The quantitative estimate of drug-likeness (QED) is 0.724. The molecule has 0 unspecified atom stereocenters. The van der Waals surface area contributed by atoms with Gasteiger partial charge in [-0.1, -0.05) is 12.8 Å². The van der Waals surface area contributed by atoms with Gasteiger partial charge in [0.05, 0.1) is 0 Å². The molecule has 2 saturated carbocycles. The Kier molecular flexibility index (Phi) is 2.65. The molecule has 0 aromatic heterocycles. The molecular formula is C12H21NO2. The molecule has 0 radical (unpaired) electrons. The third kappa shape index (κ3) is 2.86. The minimum atomic E-state index is -0.387. The molecule has 1 amide bonds. The largest absolute Gasteiger partial charge is 0.444 e. The van der Waals surface area contributed by atoms with E-state index in [2.05, 4.69) is 5.32 Å². The summed E-state index contributed by atoms with van der Waals surface area (Å²) in [7, 11) is 0. The highest BCUT2D eigenvalue weighted by molar-refractivity contribution is 5.68. The first kappa shape index (κ1) is 10.8. The Balaban J connectivity index is 1.79. The second-order valence-corrected chi connectivity index (χ2v) is 5.84. The van der Waals surface area contributed by atoms with Crippen molar-refractivity contribution in [3.8, 4) is 0 Å². The molecule has 0 aromatic carbocycles. The maximum Gasteiger partial charge on any atom is 0.407 e. The van der Waals surface area contributed by atoms with E-state index in [0.717, 1.165) is 18.3 Å². The Morgan fingerprint density at radius 1 is 1.33 bits per heavy atom. The van der Waals surface area contributed by atoms with Gasteiger partial charge in [0.2, 0.25) is 0 Å². The molecule has 0 aliphatic heterocycles. The molecule has 3 heteroatoms. The number of carbonyl (C=O) groups is 1. The first-order valence-electron chi connectivity index (χ1n) is 5.95. The molecule has 2 fully saturated rings. The van der Waals surface area contributed by atoms with Crippen LogP contribution in [0.15, 0.2) is 0 Å². The van der Waals surface area contributed by atoms with Crippen molar-refractivity contribution in [2.24, 2.45) is 11.8 Å². The summed E-state index contributed by atoms with van der Waals surface area (Å²) in [4.78, 5) is 11.6. The Morgan fingerprint density at radius 3 is 2.73 bits per heavy atom. The Labute approximate surface area is 91.6 Å². The van der Waals surface area contributed by atoms with E-state index in [1.54, 1.807) is 0 Å². The van der Waals surface area contributed by atoms with Crippen molar-refractivity contribution in [3.63, 3.8) is 0 Å². The van der Waals surface area contributed by atoms with Crippen LogP contribution < -0.4 is 5.32 Å². The summed E-state index contributed by atoms with van der Waals surface area (Å²) in [6.45, 7) is 5.69. The van der Waals surface area contributed by atoms with E-state index in [1.165, 1.54) is 19.3 Å². The van der Waals surface area contributed by atoms with Gasteiger partial charge in [-0.15, -0.1) is 0 Å². The third-order valence-electron chi connectivity index (χ3n) is 3.29. The zero-order valence-electron chi connectivity index (χ0n) is 9.88. The van der Waals surface area contributed by atoms with Crippen molar-refractivity contribution in [1.82, 2.24) is 5.32 Å². The minimum absolute atomic E-state index is 0.250. The van der Waals surface area contributed by atoms with Crippen molar-refractivity contribution in [1.29, 1.82) is 0 Å². The molecule has 1 N–H and O–H groups in total. The summed E-state index contributed by atoms with van der Waals surface area (Å²) in [5.41, 5.74) is -0.387. The fraction of sp³-hybridized carbons (Fsp3) is 0.917. The van der Waals surface area contributed by atoms with Gasteiger partial charge in [0.25, 0.3) is 0 Å². The lowest BCUT2D eigenvalue weighted by Crippen LogP contribution is -2.41. The monoisotopic (exact) mass is 211 g/mol. The lowest BCUT2D eigenvalue weighted by Gasteiger charge is -2.25. The molecule has 0 aromatic rings. The summed E-state index contributed by atoms with van der Waals surface area (Å²) < 4.78 is 5.26. The van der Waals surface area contributed by atoms with Crippen molar-refractivity contribution in [3.05, 3.63) is 0 Å². The SMILES string of the molecule is CC(C)(C)OC(=O)N[C@@H]1CCC[C@H]2C[C@H]21. The van der Waals surface area contributed by atoms with Gasteiger partial charge in [0, 0.05) is 6.04 Å². The molecule has 86 valence electrons. The van der Waals surface area contributed by atoms with E-state index in [0.29, 0.717) is 6.04 Å². The molecule has 2 aliphatic carbocycles. The highest BCUT2D eigenvalue weighted by Gasteiger charge is 2.45. The molecule has 0 saturated heterocycles. The zero-order chi connectivity index (χ0) is 11.1. The third-order valence-corrected chi connectivity index (χ3v) is 3.29. The van der Waals surface area contributed by atoms with E-state index in [4.69, 9.17) is 4.74 Å². The van der Waals surface area contributed by atoms with Crippen LogP contribution in [0.1, 0.15) is 46.5 Å². The van der Waals surface area contributed by atoms with Gasteiger partial charge >= 0.3 is 6.09 Å². The van der Waals surface area contributed by atoms with Gasteiger partial charge in [-0.3, -0.25) is 0 Å². The fourth-order valence-corrected chi connectivity index (χ4v) is 2.55. The maximum atomic E-state index is 11.6. The number of rotatable bonds is 1. The van der Waals surface area contributed by atoms with E-state index < -0.39 is 0 Å². The van der Waals surface area contributed by atoms with Crippen LogP contribution in [0.4, 0.5) is 4.79 Å². The molecule has 15 heavy (non-hydrogen) atoms. The van der Waals surface area contributed by atoms with Crippen LogP contribution in [0.5, 0.6) is 0 Å². The van der Waals surface area contributed by atoms with Crippen molar-refractivity contribution < 1.29 is 9.53 Å². The molecule has 3 nitrogen and oxygen atoms in total. The van der Waals surface area contributed by atoms with Crippen LogP contribution in [-0.4, -0.2) is 17.7 Å². The highest BCUT2D eigenvalue weighted by atomic mass is 16.6. The van der Waals surface area contributed by atoms with Gasteiger partial charge in [0.1, 0.15) is 5.60 Å². The number of amides is 1. The second kappa shape index (κ2) is 3.69. The summed E-state index contributed by atoms with van der Waals surface area (Å²) in [5, 5.41) is 3.01. The lowest BCUT2D eigenvalue weighted by molar-refractivity contribution is 0.0488. The number of alkyl carbamates (subject to hydrolysis) is 1. The van der Waals surface area contributed by atoms with Crippen molar-refractivity contribution >= 4 is 6.09 Å². The zero-order valence-corrected chi connectivity index (χ0v) is 9.88. The maximum absolute atomic E-state index is 11.6. The predicted octanol–water partition coefficient (Wildman–Crippen LogP) is 2.70. The lowest BCUT2D eigenvalue weighted by atomic mass is 9.96. The highest BCUT2D eigenvalue weighted by Crippen LogP contribution is 2.49. The first-order valence-corrected chi connectivity index (χ1v) is 5.95. The number of ether oxygens (including phenoxy) is 1. The molecule has 3 atom stereocenters. The minimum Gasteiger partial charge on any atom is -0.444 e. The molecule has 0 spiro atoms. The summed E-state index contributed by atoms with van der Waals surface area (Å²) in [6.07, 6.45) is 4.79. The summed E-state index contributed by atoms with van der Waals surface area (Å²) >= 11 is 0. The normalized spacial score (nSPS) is 34.2. The standard InChI is InChI=1S/C12H21NO2/c1-12(2,3)15-11(14)13-10-6-4-5-8-7-9(8)10/h8-10H,4-7H2,1-3H3,(H,13,14)/t8-,9+,10+/m0/s1. The van der Waals surface area contributed by atoms with Gasteiger partial charge in [0.15, 0.2) is 0 Å². The van der Waals surface area contributed by atoms with Crippen LogP contribution >= 0.6 is 0 Å². The van der Waals surface area contributed by atoms with Gasteiger partial charge in [-0.2, -0.15) is 0 Å². The second-order valence-electron chi connectivity index (χ2n) is 5.84.